The summed E-state index contributed by atoms with van der Waals surface area (Å²) in [7, 11) is 1.42. The number of nitrogens with zero attached hydrogens (tertiary/aromatic N) is 3. The smallest absolute Gasteiger partial charge is 0.271 e. The SMILES string of the molecule is COc1ccc([N+](=O)[O-])cc1N1CC(=O)N2CCC[C@H]2C1=O. The van der Waals surface area contributed by atoms with E-state index in [2.05, 4.69) is 0 Å². The van der Waals surface area contributed by atoms with E-state index in [-0.39, 0.29) is 29.7 Å². The van der Waals surface area contributed by atoms with Crippen molar-refractivity contribution in [2.45, 2.75) is 18.9 Å². The van der Waals surface area contributed by atoms with Crippen LogP contribution in [0.4, 0.5) is 11.4 Å². The summed E-state index contributed by atoms with van der Waals surface area (Å²) in [6.07, 6.45) is 1.42. The van der Waals surface area contributed by atoms with Crippen LogP contribution < -0.4 is 9.64 Å². The van der Waals surface area contributed by atoms with E-state index in [0.29, 0.717) is 18.7 Å². The summed E-state index contributed by atoms with van der Waals surface area (Å²) in [6, 6.07) is 3.55. The predicted octanol–water partition coefficient (Wildman–Crippen LogP) is 0.941. The Hall–Kier alpha value is -2.64. The fourth-order valence-electron chi connectivity index (χ4n) is 3.01. The molecule has 1 atom stereocenters. The third kappa shape index (κ3) is 2.16. The number of fused-ring (bicyclic) bond motifs is 1. The average Bonchev–Trinajstić information content (AvgIpc) is 3.00. The second-order valence-corrected chi connectivity index (χ2v) is 5.28. The molecule has 0 bridgehead atoms. The molecule has 1 aromatic carbocycles. The maximum atomic E-state index is 12.6. The van der Waals surface area contributed by atoms with Gasteiger partial charge in [0.25, 0.3) is 5.69 Å². The van der Waals surface area contributed by atoms with Gasteiger partial charge in [0.15, 0.2) is 0 Å². The Morgan fingerprint density at radius 2 is 2.14 bits per heavy atom. The summed E-state index contributed by atoms with van der Waals surface area (Å²) in [5, 5.41) is 11.0. The minimum atomic E-state index is -0.541. The van der Waals surface area contributed by atoms with Gasteiger partial charge in [-0.1, -0.05) is 0 Å². The number of methoxy groups -OCH3 is 1. The summed E-state index contributed by atoms with van der Waals surface area (Å²) >= 11 is 0. The topological polar surface area (TPSA) is 93.0 Å². The van der Waals surface area contributed by atoms with Crippen molar-refractivity contribution in [1.82, 2.24) is 4.90 Å². The van der Waals surface area contributed by atoms with E-state index in [1.807, 2.05) is 0 Å². The lowest BCUT2D eigenvalue weighted by Gasteiger charge is -2.36. The van der Waals surface area contributed by atoms with Crippen LogP contribution in [0.2, 0.25) is 0 Å². The number of rotatable bonds is 3. The number of carbonyl (C=O) groups excluding carboxylic acids is 2. The minimum absolute atomic E-state index is 0.118. The van der Waals surface area contributed by atoms with Crippen LogP contribution in [-0.2, 0) is 9.59 Å². The number of hydrogen-bond donors (Lipinski definition) is 0. The zero-order valence-corrected chi connectivity index (χ0v) is 12.0. The molecule has 0 aromatic heterocycles. The number of anilines is 1. The molecule has 2 fully saturated rings. The van der Waals surface area contributed by atoms with Gasteiger partial charge in [0.2, 0.25) is 11.8 Å². The fourth-order valence-corrected chi connectivity index (χ4v) is 3.01. The number of hydrogen-bond acceptors (Lipinski definition) is 5. The number of nitro groups is 1. The Morgan fingerprint density at radius 3 is 2.82 bits per heavy atom. The van der Waals surface area contributed by atoms with Crippen LogP contribution in [0.5, 0.6) is 5.75 Å². The van der Waals surface area contributed by atoms with Crippen molar-refractivity contribution in [1.29, 1.82) is 0 Å². The highest BCUT2D eigenvalue weighted by Gasteiger charge is 2.43. The van der Waals surface area contributed by atoms with E-state index in [4.69, 9.17) is 4.74 Å². The molecule has 8 heteroatoms. The van der Waals surface area contributed by atoms with Gasteiger partial charge in [-0.2, -0.15) is 0 Å². The average molecular weight is 305 g/mol. The highest BCUT2D eigenvalue weighted by atomic mass is 16.6. The number of non-ortho nitro benzene ring substituents is 1. The monoisotopic (exact) mass is 305 g/mol. The van der Waals surface area contributed by atoms with Crippen LogP contribution in [0.3, 0.4) is 0 Å². The van der Waals surface area contributed by atoms with E-state index < -0.39 is 11.0 Å². The number of carbonyl (C=O) groups is 2. The molecule has 8 nitrogen and oxygen atoms in total. The van der Waals surface area contributed by atoms with Crippen molar-refractivity contribution in [2.24, 2.45) is 0 Å². The summed E-state index contributed by atoms with van der Waals surface area (Å²) in [4.78, 5) is 38.1. The molecule has 0 N–H and O–H groups in total. The lowest BCUT2D eigenvalue weighted by atomic mass is 10.1. The molecule has 2 saturated heterocycles. The largest absolute Gasteiger partial charge is 0.495 e. The number of nitro benzene ring substituents is 1. The van der Waals surface area contributed by atoms with Crippen LogP contribution in [-0.4, -0.2) is 47.9 Å². The van der Waals surface area contributed by atoms with Crippen molar-refractivity contribution in [3.8, 4) is 5.75 Å². The van der Waals surface area contributed by atoms with Crippen LogP contribution in [0.25, 0.3) is 0 Å². The van der Waals surface area contributed by atoms with Crippen LogP contribution in [0, 0.1) is 10.1 Å². The van der Waals surface area contributed by atoms with Gasteiger partial charge in [0.1, 0.15) is 18.3 Å². The van der Waals surface area contributed by atoms with E-state index in [1.165, 1.54) is 30.2 Å². The molecule has 2 aliphatic rings. The Bertz CT molecular complexity index is 660. The van der Waals surface area contributed by atoms with E-state index in [0.717, 1.165) is 6.42 Å². The fraction of sp³-hybridized carbons (Fsp3) is 0.429. The zero-order valence-electron chi connectivity index (χ0n) is 12.0. The second-order valence-electron chi connectivity index (χ2n) is 5.28. The lowest BCUT2D eigenvalue weighted by molar-refractivity contribution is -0.384. The maximum absolute atomic E-state index is 12.6. The van der Waals surface area contributed by atoms with Crippen molar-refractivity contribution < 1.29 is 19.2 Å². The Balaban J connectivity index is 2.02. The molecule has 2 heterocycles. The van der Waals surface area contributed by atoms with Crippen molar-refractivity contribution in [2.75, 3.05) is 25.1 Å². The van der Waals surface area contributed by atoms with Gasteiger partial charge < -0.3 is 9.64 Å². The Labute approximate surface area is 126 Å². The Kier molecular flexibility index (Phi) is 3.44. The molecule has 0 spiro atoms. The molecule has 0 aliphatic carbocycles. The first-order valence-corrected chi connectivity index (χ1v) is 6.96. The number of amides is 2. The normalized spacial score (nSPS) is 21.0. The van der Waals surface area contributed by atoms with Crippen molar-refractivity contribution in [3.63, 3.8) is 0 Å². The summed E-state index contributed by atoms with van der Waals surface area (Å²) in [5.41, 5.74) is 0.117. The van der Waals surface area contributed by atoms with E-state index >= 15 is 0 Å². The molecule has 1 aromatic rings. The first-order valence-electron chi connectivity index (χ1n) is 6.96. The van der Waals surface area contributed by atoms with Gasteiger partial charge in [0.05, 0.1) is 17.7 Å². The quantitative estimate of drug-likeness (QED) is 0.612. The molecule has 2 aliphatic heterocycles. The highest BCUT2D eigenvalue weighted by Crippen LogP contribution is 2.35. The van der Waals surface area contributed by atoms with Gasteiger partial charge in [-0.3, -0.25) is 24.6 Å². The van der Waals surface area contributed by atoms with Gasteiger partial charge in [-0.25, -0.2) is 0 Å². The third-order valence-corrected chi connectivity index (χ3v) is 4.08. The molecule has 0 unspecified atom stereocenters. The summed E-state index contributed by atoms with van der Waals surface area (Å²) in [5.74, 6) is -0.0234. The van der Waals surface area contributed by atoms with Crippen LogP contribution in [0.15, 0.2) is 18.2 Å². The number of piperazine rings is 1. The van der Waals surface area contributed by atoms with Crippen LogP contribution >= 0.6 is 0 Å². The first kappa shape index (κ1) is 14.3. The standard InChI is InChI=1S/C14H15N3O5/c1-22-12-5-4-9(17(20)21)7-11(12)16-8-13(18)15-6-2-3-10(15)14(16)19/h4-5,7,10H,2-3,6,8H2,1H3/t10-/m0/s1. The molecular weight excluding hydrogens is 290 g/mol. The van der Waals surface area contributed by atoms with Gasteiger partial charge in [-0.05, 0) is 18.9 Å². The Morgan fingerprint density at radius 1 is 1.36 bits per heavy atom. The maximum Gasteiger partial charge on any atom is 0.271 e. The van der Waals surface area contributed by atoms with Crippen molar-refractivity contribution in [3.05, 3.63) is 28.3 Å². The van der Waals surface area contributed by atoms with Gasteiger partial charge >= 0.3 is 0 Å². The highest BCUT2D eigenvalue weighted by molar-refractivity contribution is 6.07. The van der Waals surface area contributed by atoms with Crippen molar-refractivity contribution >= 4 is 23.2 Å². The van der Waals surface area contributed by atoms with Crippen LogP contribution in [0.1, 0.15) is 12.8 Å². The zero-order chi connectivity index (χ0) is 15.9. The molecule has 22 heavy (non-hydrogen) atoms. The van der Waals surface area contributed by atoms with E-state index in [1.54, 1.807) is 4.90 Å². The van der Waals surface area contributed by atoms with Gasteiger partial charge in [0, 0.05) is 18.7 Å². The molecule has 0 saturated carbocycles. The summed E-state index contributed by atoms with van der Waals surface area (Å²) < 4.78 is 5.19. The molecule has 3 rings (SSSR count). The predicted molar refractivity (Wildman–Crippen MR) is 76.7 cm³/mol. The molecule has 116 valence electrons. The first-order chi connectivity index (χ1) is 10.5. The lowest BCUT2D eigenvalue weighted by Crippen LogP contribution is -2.57. The van der Waals surface area contributed by atoms with Gasteiger partial charge in [-0.15, -0.1) is 0 Å². The molecule has 0 radical (unpaired) electrons. The minimum Gasteiger partial charge on any atom is -0.495 e. The summed E-state index contributed by atoms with van der Waals surface area (Å²) in [6.45, 7) is 0.474. The third-order valence-electron chi connectivity index (χ3n) is 4.08. The molecule has 2 amide bonds. The number of benzene rings is 1. The van der Waals surface area contributed by atoms with E-state index in [9.17, 15) is 19.7 Å². The molecular formula is C14H15N3O5. The number of ether oxygens (including phenoxy) is 1. The second kappa shape index (κ2) is 5.28.